The van der Waals surface area contributed by atoms with Crippen LogP contribution in [-0.4, -0.2) is 59.2 Å². The van der Waals surface area contributed by atoms with E-state index in [2.05, 4.69) is 60.7 Å². The van der Waals surface area contributed by atoms with Crippen LogP contribution < -0.4 is 10.6 Å². The van der Waals surface area contributed by atoms with Gasteiger partial charge in [-0.05, 0) is 29.9 Å². The van der Waals surface area contributed by atoms with Crippen molar-refractivity contribution in [2.45, 2.75) is 39.5 Å². The SMILES string of the molecule is CCNC(=NCCOCCS(C)(=O)=O)NCCc1ccc(C(C)(C)C)cc1.I. The van der Waals surface area contributed by atoms with Crippen LogP contribution in [0, 0.1) is 0 Å². The molecule has 0 fully saturated rings. The molecular formula is C20H36IN3O3S. The first-order chi connectivity index (χ1) is 12.6. The Bertz CT molecular complexity index is 684. The molecule has 2 N–H and O–H groups in total. The van der Waals surface area contributed by atoms with Gasteiger partial charge in [-0.25, -0.2) is 8.42 Å². The number of aliphatic imine (C=N–C) groups is 1. The molecule has 0 amide bonds. The quantitative estimate of drug-likeness (QED) is 0.213. The predicted octanol–water partition coefficient (Wildman–Crippen LogP) is 2.76. The minimum atomic E-state index is -2.97. The molecule has 0 saturated carbocycles. The molecule has 0 unspecified atom stereocenters. The van der Waals surface area contributed by atoms with E-state index in [1.165, 1.54) is 17.4 Å². The lowest BCUT2D eigenvalue weighted by molar-refractivity contribution is 0.157. The van der Waals surface area contributed by atoms with Gasteiger partial charge >= 0.3 is 0 Å². The highest BCUT2D eigenvalue weighted by atomic mass is 127. The van der Waals surface area contributed by atoms with E-state index < -0.39 is 9.84 Å². The summed E-state index contributed by atoms with van der Waals surface area (Å²) in [5.41, 5.74) is 2.80. The maximum atomic E-state index is 11.0. The Kier molecular flexibility index (Phi) is 13.0. The lowest BCUT2D eigenvalue weighted by atomic mass is 9.86. The highest BCUT2D eigenvalue weighted by Gasteiger charge is 2.12. The zero-order valence-electron chi connectivity index (χ0n) is 17.7. The molecule has 28 heavy (non-hydrogen) atoms. The van der Waals surface area contributed by atoms with Gasteiger partial charge in [0.2, 0.25) is 0 Å². The van der Waals surface area contributed by atoms with E-state index in [0.29, 0.717) is 13.2 Å². The molecular weight excluding hydrogens is 489 g/mol. The van der Waals surface area contributed by atoms with Crippen molar-refractivity contribution in [1.29, 1.82) is 0 Å². The van der Waals surface area contributed by atoms with Crippen LogP contribution in [0.15, 0.2) is 29.3 Å². The largest absolute Gasteiger partial charge is 0.378 e. The number of nitrogens with one attached hydrogen (secondary N) is 2. The summed E-state index contributed by atoms with van der Waals surface area (Å²) in [6.07, 6.45) is 2.12. The van der Waals surface area contributed by atoms with E-state index in [-0.39, 0.29) is 41.8 Å². The van der Waals surface area contributed by atoms with Crippen LogP contribution in [0.5, 0.6) is 0 Å². The molecule has 0 spiro atoms. The maximum absolute atomic E-state index is 11.0. The summed E-state index contributed by atoms with van der Waals surface area (Å²) in [6, 6.07) is 8.76. The second-order valence-electron chi connectivity index (χ2n) is 7.63. The lowest BCUT2D eigenvalue weighted by Crippen LogP contribution is -2.38. The molecule has 0 heterocycles. The Balaban J connectivity index is 0.00000729. The maximum Gasteiger partial charge on any atom is 0.191 e. The number of rotatable bonds is 10. The van der Waals surface area contributed by atoms with Crippen LogP contribution in [-0.2, 0) is 26.4 Å². The van der Waals surface area contributed by atoms with Crippen molar-refractivity contribution in [2.24, 2.45) is 4.99 Å². The second kappa shape index (κ2) is 13.4. The summed E-state index contributed by atoms with van der Waals surface area (Å²) in [5, 5.41) is 6.52. The average Bonchev–Trinajstić information content (AvgIpc) is 2.56. The van der Waals surface area contributed by atoms with E-state index >= 15 is 0 Å². The molecule has 0 saturated heterocycles. The van der Waals surface area contributed by atoms with Crippen molar-refractivity contribution in [3.8, 4) is 0 Å². The number of benzene rings is 1. The van der Waals surface area contributed by atoms with Gasteiger partial charge in [0.1, 0.15) is 9.84 Å². The van der Waals surface area contributed by atoms with Gasteiger partial charge in [-0.3, -0.25) is 4.99 Å². The Hall–Kier alpha value is -0.870. The third-order valence-corrected chi connectivity index (χ3v) is 4.88. The van der Waals surface area contributed by atoms with E-state index in [9.17, 15) is 8.42 Å². The molecule has 8 heteroatoms. The average molecular weight is 525 g/mol. The molecule has 162 valence electrons. The Morgan fingerprint density at radius 3 is 2.29 bits per heavy atom. The van der Waals surface area contributed by atoms with Crippen LogP contribution in [0.2, 0.25) is 0 Å². The van der Waals surface area contributed by atoms with Gasteiger partial charge in [-0.1, -0.05) is 45.0 Å². The fraction of sp³-hybridized carbons (Fsp3) is 0.650. The normalized spacial score (nSPS) is 12.4. The number of halogens is 1. The van der Waals surface area contributed by atoms with Crippen molar-refractivity contribution in [3.63, 3.8) is 0 Å². The first-order valence-electron chi connectivity index (χ1n) is 9.49. The van der Waals surface area contributed by atoms with Crippen LogP contribution in [0.1, 0.15) is 38.8 Å². The fourth-order valence-corrected chi connectivity index (χ4v) is 2.79. The molecule has 0 radical (unpaired) electrons. The molecule has 1 rings (SSSR count). The Labute approximate surface area is 187 Å². The summed E-state index contributed by atoms with van der Waals surface area (Å²) in [6.45, 7) is 11.3. The van der Waals surface area contributed by atoms with E-state index in [1.54, 1.807) is 0 Å². The topological polar surface area (TPSA) is 79.8 Å². The first kappa shape index (κ1) is 27.1. The molecule has 0 bridgehead atoms. The summed E-state index contributed by atoms with van der Waals surface area (Å²) >= 11 is 0. The van der Waals surface area contributed by atoms with E-state index in [1.807, 2.05) is 6.92 Å². The van der Waals surface area contributed by atoms with E-state index in [0.717, 1.165) is 25.5 Å². The molecule has 0 aromatic heterocycles. The number of ether oxygens (including phenoxy) is 1. The van der Waals surface area contributed by atoms with Crippen molar-refractivity contribution >= 4 is 39.8 Å². The van der Waals surface area contributed by atoms with Gasteiger partial charge in [-0.2, -0.15) is 0 Å². The third-order valence-electron chi connectivity index (χ3n) is 3.97. The molecule has 0 aliphatic carbocycles. The summed E-state index contributed by atoms with van der Waals surface area (Å²) in [5.74, 6) is 0.791. The highest BCUT2D eigenvalue weighted by molar-refractivity contribution is 14.0. The molecule has 1 aromatic rings. The minimum Gasteiger partial charge on any atom is -0.378 e. The van der Waals surface area contributed by atoms with E-state index in [4.69, 9.17) is 4.74 Å². The highest BCUT2D eigenvalue weighted by Crippen LogP contribution is 2.22. The predicted molar refractivity (Wildman–Crippen MR) is 129 cm³/mol. The van der Waals surface area contributed by atoms with Gasteiger partial charge in [-0.15, -0.1) is 24.0 Å². The van der Waals surface area contributed by atoms with Gasteiger partial charge < -0.3 is 15.4 Å². The lowest BCUT2D eigenvalue weighted by Gasteiger charge is -2.19. The van der Waals surface area contributed by atoms with Crippen molar-refractivity contribution < 1.29 is 13.2 Å². The third kappa shape index (κ3) is 12.6. The minimum absolute atomic E-state index is 0. The van der Waals surface area contributed by atoms with Crippen molar-refractivity contribution in [1.82, 2.24) is 10.6 Å². The van der Waals surface area contributed by atoms with Crippen LogP contribution in [0.25, 0.3) is 0 Å². The van der Waals surface area contributed by atoms with Crippen LogP contribution in [0.4, 0.5) is 0 Å². The van der Waals surface area contributed by atoms with Crippen LogP contribution >= 0.6 is 24.0 Å². The standard InChI is InChI=1S/C20H35N3O3S.HI/c1-6-21-19(23-13-14-26-15-16-27(5,24)25)22-12-11-17-7-9-18(10-8-17)20(2,3)4;/h7-10H,6,11-16H2,1-5H3,(H2,21,22,23);1H. The Morgan fingerprint density at radius 1 is 1.11 bits per heavy atom. The van der Waals surface area contributed by atoms with Gasteiger partial charge in [0.05, 0.1) is 25.5 Å². The number of sulfone groups is 1. The van der Waals surface area contributed by atoms with Gasteiger partial charge in [0.25, 0.3) is 0 Å². The summed E-state index contributed by atoms with van der Waals surface area (Å²) < 4.78 is 27.4. The van der Waals surface area contributed by atoms with Crippen molar-refractivity contribution in [2.75, 3.05) is 44.9 Å². The van der Waals surface area contributed by atoms with Gasteiger partial charge in [0, 0.05) is 19.3 Å². The molecule has 0 aliphatic rings. The Morgan fingerprint density at radius 2 is 1.75 bits per heavy atom. The monoisotopic (exact) mass is 525 g/mol. The smallest absolute Gasteiger partial charge is 0.191 e. The molecule has 0 aliphatic heterocycles. The fourth-order valence-electron chi connectivity index (χ4n) is 2.37. The molecule has 6 nitrogen and oxygen atoms in total. The zero-order valence-corrected chi connectivity index (χ0v) is 20.9. The van der Waals surface area contributed by atoms with Crippen molar-refractivity contribution in [3.05, 3.63) is 35.4 Å². The number of nitrogens with zero attached hydrogens (tertiary/aromatic N) is 1. The summed E-state index contributed by atoms with van der Waals surface area (Å²) in [7, 11) is -2.97. The number of hydrogen-bond acceptors (Lipinski definition) is 4. The number of guanidine groups is 1. The molecule has 1 aromatic carbocycles. The van der Waals surface area contributed by atoms with Gasteiger partial charge in [0.15, 0.2) is 5.96 Å². The summed E-state index contributed by atoms with van der Waals surface area (Å²) in [4.78, 5) is 4.45. The van der Waals surface area contributed by atoms with Crippen LogP contribution in [0.3, 0.4) is 0 Å². The first-order valence-corrected chi connectivity index (χ1v) is 11.5. The number of hydrogen-bond donors (Lipinski definition) is 2. The second-order valence-corrected chi connectivity index (χ2v) is 9.89. The zero-order chi connectivity index (χ0) is 20.3. The molecule has 0 atom stereocenters.